The fourth-order valence-corrected chi connectivity index (χ4v) is 1.48. The lowest BCUT2D eigenvalue weighted by atomic mass is 10.2. The highest BCUT2D eigenvalue weighted by Crippen LogP contribution is 2.12. The Balaban J connectivity index is 1.89. The molecular formula is C14H14N4O. The maximum Gasteiger partial charge on any atom is 0.339 e. The lowest BCUT2D eigenvalue weighted by molar-refractivity contribution is 0.252. The number of para-hydroxylation sites is 1. The summed E-state index contributed by atoms with van der Waals surface area (Å²) >= 11 is 0. The summed E-state index contributed by atoms with van der Waals surface area (Å²) in [5.41, 5.74) is 4.97. The van der Waals surface area contributed by atoms with E-state index in [4.69, 9.17) is 0 Å². The van der Waals surface area contributed by atoms with Crippen molar-refractivity contribution in [3.8, 4) is 0 Å². The predicted octanol–water partition coefficient (Wildman–Crippen LogP) is 2.55. The van der Waals surface area contributed by atoms with Gasteiger partial charge in [0.05, 0.1) is 6.21 Å². The highest BCUT2D eigenvalue weighted by atomic mass is 16.2. The highest BCUT2D eigenvalue weighted by Gasteiger charge is 2.01. The number of anilines is 1. The summed E-state index contributed by atoms with van der Waals surface area (Å²) in [6.07, 6.45) is 4.87. The second-order valence-electron chi connectivity index (χ2n) is 3.93. The van der Waals surface area contributed by atoms with Crippen molar-refractivity contribution in [3.63, 3.8) is 0 Å². The smallest absolute Gasteiger partial charge is 0.306 e. The van der Waals surface area contributed by atoms with Crippen LogP contribution < -0.4 is 10.7 Å². The SMILES string of the molecule is Cc1ccccc1NC(=O)N/N=C\c1cccnc1. The molecule has 0 aliphatic carbocycles. The molecular weight excluding hydrogens is 240 g/mol. The van der Waals surface area contributed by atoms with Gasteiger partial charge in [-0.05, 0) is 24.6 Å². The van der Waals surface area contributed by atoms with Crippen molar-refractivity contribution in [2.24, 2.45) is 5.10 Å². The molecule has 0 saturated carbocycles. The Kier molecular flexibility index (Phi) is 4.23. The second kappa shape index (κ2) is 6.30. The minimum atomic E-state index is -0.380. The maximum absolute atomic E-state index is 11.6. The van der Waals surface area contributed by atoms with Gasteiger partial charge in [0.2, 0.25) is 0 Å². The number of pyridine rings is 1. The van der Waals surface area contributed by atoms with Crippen molar-refractivity contribution in [3.05, 3.63) is 59.9 Å². The lowest BCUT2D eigenvalue weighted by Crippen LogP contribution is -2.24. The van der Waals surface area contributed by atoms with Gasteiger partial charge < -0.3 is 5.32 Å². The Morgan fingerprint density at radius 1 is 1.26 bits per heavy atom. The number of nitrogens with zero attached hydrogens (tertiary/aromatic N) is 2. The fourth-order valence-electron chi connectivity index (χ4n) is 1.48. The van der Waals surface area contributed by atoms with E-state index in [1.54, 1.807) is 18.5 Å². The van der Waals surface area contributed by atoms with Crippen LogP contribution in [0, 0.1) is 6.92 Å². The van der Waals surface area contributed by atoms with E-state index < -0.39 is 0 Å². The molecule has 1 aromatic carbocycles. The number of rotatable bonds is 3. The average molecular weight is 254 g/mol. The first kappa shape index (κ1) is 12.8. The Hall–Kier alpha value is -2.69. The summed E-state index contributed by atoms with van der Waals surface area (Å²) < 4.78 is 0. The van der Waals surface area contributed by atoms with Crippen molar-refractivity contribution in [1.29, 1.82) is 0 Å². The van der Waals surface area contributed by atoms with E-state index in [1.165, 1.54) is 6.21 Å². The number of aryl methyl sites for hydroxylation is 1. The van der Waals surface area contributed by atoms with Gasteiger partial charge in [-0.2, -0.15) is 5.10 Å². The molecule has 2 amide bonds. The van der Waals surface area contributed by atoms with E-state index in [0.29, 0.717) is 0 Å². The van der Waals surface area contributed by atoms with Gasteiger partial charge >= 0.3 is 6.03 Å². The summed E-state index contributed by atoms with van der Waals surface area (Å²) in [6, 6.07) is 10.8. The third-order valence-electron chi connectivity index (χ3n) is 2.46. The molecule has 0 radical (unpaired) electrons. The van der Waals surface area contributed by atoms with Gasteiger partial charge in [0.15, 0.2) is 0 Å². The Bertz CT molecular complexity index is 581. The van der Waals surface area contributed by atoms with Crippen LogP contribution in [0.5, 0.6) is 0 Å². The molecule has 5 nitrogen and oxygen atoms in total. The molecule has 1 heterocycles. The molecule has 2 rings (SSSR count). The molecule has 0 saturated heterocycles. The number of hydrogen-bond acceptors (Lipinski definition) is 3. The van der Waals surface area contributed by atoms with E-state index in [-0.39, 0.29) is 6.03 Å². The topological polar surface area (TPSA) is 66.4 Å². The number of hydrogen-bond donors (Lipinski definition) is 2. The largest absolute Gasteiger partial charge is 0.339 e. The van der Waals surface area contributed by atoms with Crippen LogP contribution in [0.15, 0.2) is 53.9 Å². The molecule has 96 valence electrons. The first-order valence-electron chi connectivity index (χ1n) is 5.81. The quantitative estimate of drug-likeness (QED) is 0.653. The summed E-state index contributed by atoms with van der Waals surface area (Å²) in [6.45, 7) is 1.93. The molecule has 0 spiro atoms. The van der Waals surface area contributed by atoms with Gasteiger partial charge in [-0.15, -0.1) is 0 Å². The van der Waals surface area contributed by atoms with Gasteiger partial charge in [0, 0.05) is 23.6 Å². The molecule has 0 bridgehead atoms. The van der Waals surface area contributed by atoms with Crippen LogP contribution in [0.2, 0.25) is 0 Å². The molecule has 0 atom stereocenters. The van der Waals surface area contributed by atoms with Crippen molar-refractivity contribution < 1.29 is 4.79 Å². The predicted molar refractivity (Wildman–Crippen MR) is 75.2 cm³/mol. The zero-order valence-corrected chi connectivity index (χ0v) is 10.5. The second-order valence-corrected chi connectivity index (χ2v) is 3.93. The van der Waals surface area contributed by atoms with E-state index >= 15 is 0 Å². The monoisotopic (exact) mass is 254 g/mol. The standard InChI is InChI=1S/C14H14N4O/c1-11-5-2-3-7-13(11)17-14(19)18-16-10-12-6-4-8-15-9-12/h2-10H,1H3,(H2,17,18,19)/b16-10-. The summed E-state index contributed by atoms with van der Waals surface area (Å²) in [5, 5.41) is 6.56. The molecule has 2 N–H and O–H groups in total. The summed E-state index contributed by atoms with van der Waals surface area (Å²) in [7, 11) is 0. The third-order valence-corrected chi connectivity index (χ3v) is 2.46. The number of benzene rings is 1. The van der Waals surface area contributed by atoms with Gasteiger partial charge in [-0.25, -0.2) is 10.2 Å². The Morgan fingerprint density at radius 3 is 2.84 bits per heavy atom. The van der Waals surface area contributed by atoms with Crippen LogP contribution in [0.1, 0.15) is 11.1 Å². The average Bonchev–Trinajstić information content (AvgIpc) is 2.43. The number of aromatic nitrogens is 1. The van der Waals surface area contributed by atoms with E-state index in [9.17, 15) is 4.79 Å². The van der Waals surface area contributed by atoms with Crippen LogP contribution >= 0.6 is 0 Å². The molecule has 5 heteroatoms. The zero-order valence-electron chi connectivity index (χ0n) is 10.5. The van der Waals surface area contributed by atoms with Crippen LogP contribution in [0.4, 0.5) is 10.5 Å². The van der Waals surface area contributed by atoms with Gasteiger partial charge in [0.1, 0.15) is 0 Å². The summed E-state index contributed by atoms with van der Waals surface area (Å²) in [4.78, 5) is 15.5. The van der Waals surface area contributed by atoms with Crippen molar-refractivity contribution >= 4 is 17.9 Å². The third kappa shape index (κ3) is 3.92. The number of carbonyl (C=O) groups is 1. The van der Waals surface area contributed by atoms with E-state index in [1.807, 2.05) is 37.3 Å². The van der Waals surface area contributed by atoms with Crippen LogP contribution in [0.3, 0.4) is 0 Å². The van der Waals surface area contributed by atoms with Gasteiger partial charge in [0.25, 0.3) is 0 Å². The lowest BCUT2D eigenvalue weighted by Gasteiger charge is -2.06. The fraction of sp³-hybridized carbons (Fsp3) is 0.0714. The normalized spacial score (nSPS) is 10.4. The number of nitrogens with one attached hydrogen (secondary N) is 2. The maximum atomic E-state index is 11.6. The molecule has 2 aromatic rings. The Morgan fingerprint density at radius 2 is 2.11 bits per heavy atom. The van der Waals surface area contributed by atoms with Gasteiger partial charge in [-0.1, -0.05) is 24.3 Å². The van der Waals surface area contributed by atoms with Crippen molar-refractivity contribution in [2.45, 2.75) is 6.92 Å². The minimum absolute atomic E-state index is 0.380. The number of amides is 2. The molecule has 1 aromatic heterocycles. The zero-order chi connectivity index (χ0) is 13.5. The molecule has 0 aliphatic rings. The van der Waals surface area contributed by atoms with Crippen LogP contribution in [-0.2, 0) is 0 Å². The molecule has 19 heavy (non-hydrogen) atoms. The first-order chi connectivity index (χ1) is 9.25. The van der Waals surface area contributed by atoms with E-state index in [0.717, 1.165) is 16.8 Å². The number of carbonyl (C=O) groups excluding carboxylic acids is 1. The van der Waals surface area contributed by atoms with Crippen molar-refractivity contribution in [2.75, 3.05) is 5.32 Å². The molecule has 0 fully saturated rings. The van der Waals surface area contributed by atoms with E-state index in [2.05, 4.69) is 20.8 Å². The number of urea groups is 1. The number of hydrazone groups is 1. The van der Waals surface area contributed by atoms with Gasteiger partial charge in [-0.3, -0.25) is 4.98 Å². The van der Waals surface area contributed by atoms with Crippen LogP contribution in [0.25, 0.3) is 0 Å². The first-order valence-corrected chi connectivity index (χ1v) is 5.81. The highest BCUT2D eigenvalue weighted by molar-refractivity contribution is 5.90. The van der Waals surface area contributed by atoms with Crippen LogP contribution in [-0.4, -0.2) is 17.2 Å². The van der Waals surface area contributed by atoms with Crippen molar-refractivity contribution in [1.82, 2.24) is 10.4 Å². The Labute approximate surface area is 111 Å². The molecule has 0 unspecified atom stereocenters. The summed E-state index contributed by atoms with van der Waals surface area (Å²) in [5.74, 6) is 0. The molecule has 0 aliphatic heterocycles. The minimum Gasteiger partial charge on any atom is -0.306 e.